The Morgan fingerprint density at radius 1 is 1.22 bits per heavy atom. The van der Waals surface area contributed by atoms with Gasteiger partial charge in [0.25, 0.3) is 0 Å². The van der Waals surface area contributed by atoms with Crippen LogP contribution in [0.2, 0.25) is 0 Å². The van der Waals surface area contributed by atoms with Crippen molar-refractivity contribution < 1.29 is 21.6 Å². The number of hydrogen-bond acceptors (Lipinski definition) is 2. The summed E-state index contributed by atoms with van der Waals surface area (Å²) in [6, 6.07) is 2.81. The van der Waals surface area contributed by atoms with Gasteiger partial charge >= 0.3 is 6.18 Å². The molecule has 18 heavy (non-hydrogen) atoms. The lowest BCUT2D eigenvalue weighted by molar-refractivity contribution is -0.137. The largest absolute Gasteiger partial charge is 0.416 e. The van der Waals surface area contributed by atoms with Crippen LogP contribution in [-0.2, 0) is 21.6 Å². The normalized spacial score (nSPS) is 18.7. The zero-order valence-electron chi connectivity index (χ0n) is 9.58. The van der Waals surface area contributed by atoms with Gasteiger partial charge in [0, 0.05) is 0 Å². The van der Waals surface area contributed by atoms with Gasteiger partial charge in [0.1, 0.15) is 0 Å². The molecule has 1 fully saturated rings. The van der Waals surface area contributed by atoms with Crippen molar-refractivity contribution in [3.63, 3.8) is 0 Å². The zero-order chi connectivity index (χ0) is 13.8. The van der Waals surface area contributed by atoms with E-state index >= 15 is 0 Å². The topological polar surface area (TPSA) is 60.2 Å². The Labute approximate surface area is 103 Å². The molecule has 3 nitrogen and oxygen atoms in total. The van der Waals surface area contributed by atoms with Gasteiger partial charge in [-0.1, -0.05) is 6.92 Å². The molecule has 1 aliphatic carbocycles. The van der Waals surface area contributed by atoms with E-state index in [4.69, 9.17) is 5.14 Å². The lowest BCUT2D eigenvalue weighted by atomic mass is 9.96. The van der Waals surface area contributed by atoms with Crippen LogP contribution in [0.15, 0.2) is 23.1 Å². The second-order valence-electron chi connectivity index (χ2n) is 4.85. The van der Waals surface area contributed by atoms with Crippen molar-refractivity contribution in [3.05, 3.63) is 29.3 Å². The van der Waals surface area contributed by atoms with Crippen LogP contribution < -0.4 is 5.14 Å². The van der Waals surface area contributed by atoms with E-state index in [2.05, 4.69) is 0 Å². The third-order valence-electron chi connectivity index (χ3n) is 3.26. The van der Waals surface area contributed by atoms with Crippen molar-refractivity contribution in [1.29, 1.82) is 0 Å². The van der Waals surface area contributed by atoms with Crippen LogP contribution in [0, 0.1) is 0 Å². The second kappa shape index (κ2) is 3.71. The highest BCUT2D eigenvalue weighted by Crippen LogP contribution is 2.49. The molecular formula is C11H12F3NO2S. The first kappa shape index (κ1) is 13.4. The van der Waals surface area contributed by atoms with Crippen LogP contribution >= 0.6 is 0 Å². The number of sulfonamides is 1. The molecule has 0 spiro atoms. The van der Waals surface area contributed by atoms with E-state index in [0.29, 0.717) is 11.6 Å². The van der Waals surface area contributed by atoms with E-state index in [0.717, 1.165) is 18.9 Å². The Hall–Kier alpha value is -1.08. The lowest BCUT2D eigenvalue weighted by Crippen LogP contribution is -2.16. The van der Waals surface area contributed by atoms with Gasteiger partial charge in [0.05, 0.1) is 10.5 Å². The number of halogens is 3. The minimum atomic E-state index is -4.58. The Balaban J connectivity index is 2.64. The summed E-state index contributed by atoms with van der Waals surface area (Å²) in [5.41, 5.74) is -0.959. The molecule has 2 N–H and O–H groups in total. The summed E-state index contributed by atoms with van der Waals surface area (Å²) in [5.74, 6) is 0. The van der Waals surface area contributed by atoms with Crippen LogP contribution in [0.3, 0.4) is 0 Å². The Bertz CT molecular complexity index is 565. The molecule has 7 heteroatoms. The Morgan fingerprint density at radius 2 is 1.78 bits per heavy atom. The van der Waals surface area contributed by atoms with Crippen molar-refractivity contribution in [3.8, 4) is 0 Å². The number of alkyl halides is 3. The summed E-state index contributed by atoms with van der Waals surface area (Å²) >= 11 is 0. The average Bonchev–Trinajstić information content (AvgIpc) is 2.95. The molecule has 0 saturated heterocycles. The molecule has 0 unspecified atom stereocenters. The summed E-state index contributed by atoms with van der Waals surface area (Å²) in [6.45, 7) is 1.80. The number of primary sulfonamides is 1. The van der Waals surface area contributed by atoms with Gasteiger partial charge in [0.2, 0.25) is 10.0 Å². The summed E-state index contributed by atoms with van der Waals surface area (Å²) in [6.07, 6.45) is -3.09. The summed E-state index contributed by atoms with van der Waals surface area (Å²) in [4.78, 5) is -0.486. The SMILES string of the molecule is CC1(c2cc(C(F)(F)F)cc(S(N)(=O)=O)c2)CC1. The molecule has 1 aliphatic rings. The van der Waals surface area contributed by atoms with Gasteiger partial charge in [-0.05, 0) is 42.0 Å². The molecule has 0 aliphatic heterocycles. The molecule has 0 amide bonds. The first-order valence-electron chi connectivity index (χ1n) is 5.28. The quantitative estimate of drug-likeness (QED) is 0.903. The van der Waals surface area contributed by atoms with Gasteiger partial charge in [0.15, 0.2) is 0 Å². The number of benzene rings is 1. The molecule has 1 aromatic carbocycles. The molecule has 0 aromatic heterocycles. The Kier molecular flexibility index (Phi) is 2.75. The molecule has 0 atom stereocenters. The summed E-state index contributed by atoms with van der Waals surface area (Å²) in [7, 11) is -4.14. The maximum Gasteiger partial charge on any atom is 0.416 e. The first-order valence-corrected chi connectivity index (χ1v) is 6.83. The van der Waals surface area contributed by atoms with Crippen LogP contribution in [0.4, 0.5) is 13.2 Å². The standard InChI is InChI=1S/C11H12F3NO2S/c1-10(2-3-10)7-4-8(11(12,13)14)6-9(5-7)18(15,16)17/h4-6H,2-3H2,1H3,(H2,15,16,17). The van der Waals surface area contributed by atoms with Crippen LogP contribution in [0.25, 0.3) is 0 Å². The third kappa shape index (κ3) is 2.51. The van der Waals surface area contributed by atoms with Gasteiger partial charge in [-0.25, -0.2) is 13.6 Å². The van der Waals surface area contributed by atoms with Gasteiger partial charge in [-0.15, -0.1) is 0 Å². The molecular weight excluding hydrogens is 267 g/mol. The van der Waals surface area contributed by atoms with Crippen molar-refractivity contribution >= 4 is 10.0 Å². The highest BCUT2D eigenvalue weighted by molar-refractivity contribution is 7.89. The van der Waals surface area contributed by atoms with Crippen molar-refractivity contribution in [2.45, 2.75) is 36.3 Å². The second-order valence-corrected chi connectivity index (χ2v) is 6.41. The molecule has 1 aromatic rings. The number of rotatable bonds is 2. The fourth-order valence-corrected chi connectivity index (χ4v) is 2.33. The predicted octanol–water partition coefficient (Wildman–Crippen LogP) is 2.40. The fraction of sp³-hybridized carbons (Fsp3) is 0.455. The minimum Gasteiger partial charge on any atom is -0.225 e. The maximum absolute atomic E-state index is 12.7. The van der Waals surface area contributed by atoms with E-state index in [-0.39, 0.29) is 5.41 Å². The van der Waals surface area contributed by atoms with Gasteiger partial charge < -0.3 is 0 Å². The monoisotopic (exact) mass is 279 g/mol. The summed E-state index contributed by atoms with van der Waals surface area (Å²) in [5, 5.41) is 4.91. The highest BCUT2D eigenvalue weighted by Gasteiger charge is 2.41. The minimum absolute atomic E-state index is 0.360. The fourth-order valence-electron chi connectivity index (χ4n) is 1.75. The molecule has 0 heterocycles. The summed E-state index contributed by atoms with van der Waals surface area (Å²) < 4.78 is 60.6. The van der Waals surface area contributed by atoms with E-state index in [1.807, 2.05) is 0 Å². The molecule has 2 rings (SSSR count). The predicted molar refractivity (Wildman–Crippen MR) is 59.4 cm³/mol. The van der Waals surface area contributed by atoms with Crippen LogP contribution in [-0.4, -0.2) is 8.42 Å². The molecule has 0 bridgehead atoms. The van der Waals surface area contributed by atoms with Crippen molar-refractivity contribution in [1.82, 2.24) is 0 Å². The first-order chi connectivity index (χ1) is 8.02. The van der Waals surface area contributed by atoms with Gasteiger partial charge in [-0.2, -0.15) is 13.2 Å². The maximum atomic E-state index is 12.7. The van der Waals surface area contributed by atoms with Gasteiger partial charge in [-0.3, -0.25) is 0 Å². The highest BCUT2D eigenvalue weighted by atomic mass is 32.2. The van der Waals surface area contributed by atoms with E-state index in [1.54, 1.807) is 6.92 Å². The zero-order valence-corrected chi connectivity index (χ0v) is 10.4. The average molecular weight is 279 g/mol. The number of nitrogens with two attached hydrogens (primary N) is 1. The molecule has 100 valence electrons. The van der Waals surface area contributed by atoms with Crippen LogP contribution in [0.1, 0.15) is 30.9 Å². The third-order valence-corrected chi connectivity index (χ3v) is 4.15. The van der Waals surface area contributed by atoms with Crippen molar-refractivity contribution in [2.24, 2.45) is 5.14 Å². The lowest BCUT2D eigenvalue weighted by Gasteiger charge is -2.15. The van der Waals surface area contributed by atoms with Crippen LogP contribution in [0.5, 0.6) is 0 Å². The van der Waals surface area contributed by atoms with E-state index in [9.17, 15) is 21.6 Å². The van der Waals surface area contributed by atoms with E-state index in [1.165, 1.54) is 6.07 Å². The number of hydrogen-bond donors (Lipinski definition) is 1. The smallest absolute Gasteiger partial charge is 0.225 e. The van der Waals surface area contributed by atoms with Crippen molar-refractivity contribution in [2.75, 3.05) is 0 Å². The van der Waals surface area contributed by atoms with E-state index < -0.39 is 26.7 Å². The molecule has 1 saturated carbocycles. The molecule has 0 radical (unpaired) electrons. The Morgan fingerprint density at radius 3 is 2.17 bits per heavy atom.